The molecule has 1 aliphatic heterocycles. The van der Waals surface area contributed by atoms with Gasteiger partial charge in [0.1, 0.15) is 5.75 Å². The number of aryl methyl sites for hydroxylation is 1. The molecule has 1 aliphatic rings. The van der Waals surface area contributed by atoms with Crippen LogP contribution in [0.15, 0.2) is 24.3 Å². The zero-order valence-corrected chi connectivity index (χ0v) is 14.5. The van der Waals surface area contributed by atoms with Crippen molar-refractivity contribution in [2.45, 2.75) is 32.3 Å². The predicted octanol–water partition coefficient (Wildman–Crippen LogP) is 2.15. The van der Waals surface area contributed by atoms with Gasteiger partial charge in [-0.15, -0.1) is 12.4 Å². The van der Waals surface area contributed by atoms with Crippen LogP contribution in [-0.2, 0) is 9.53 Å². The Labute approximate surface area is 144 Å². The van der Waals surface area contributed by atoms with Crippen LogP contribution in [0.3, 0.4) is 0 Å². The van der Waals surface area contributed by atoms with Gasteiger partial charge in [-0.1, -0.05) is 17.7 Å². The quantitative estimate of drug-likeness (QED) is 0.771. The zero-order chi connectivity index (χ0) is 15.8. The lowest BCUT2D eigenvalue weighted by atomic mass is 10.1. The molecular formula is C17H27ClN2O3. The molecule has 0 bridgehead atoms. The van der Waals surface area contributed by atoms with Gasteiger partial charge < -0.3 is 20.1 Å². The van der Waals surface area contributed by atoms with Crippen LogP contribution in [0.5, 0.6) is 5.75 Å². The fourth-order valence-electron chi connectivity index (χ4n) is 2.48. The van der Waals surface area contributed by atoms with Crippen molar-refractivity contribution in [3.63, 3.8) is 0 Å². The summed E-state index contributed by atoms with van der Waals surface area (Å²) in [6.45, 7) is 4.97. The second-order valence-electron chi connectivity index (χ2n) is 5.69. The van der Waals surface area contributed by atoms with Gasteiger partial charge in [0.25, 0.3) is 5.91 Å². The van der Waals surface area contributed by atoms with Gasteiger partial charge in [0.2, 0.25) is 0 Å². The molecule has 1 aromatic rings. The summed E-state index contributed by atoms with van der Waals surface area (Å²) in [5.74, 6) is 0.778. The standard InChI is InChI=1S/C17H26N2O3.ClH/c1-14-3-5-15(6-4-14)22-13-17(20)19-10-7-16(8-11-19)21-12-2-9-18;/h3-6,16H,2,7-13,18H2,1H3;1H. The fraction of sp³-hybridized carbons (Fsp3) is 0.588. The largest absolute Gasteiger partial charge is 0.484 e. The molecule has 2 N–H and O–H groups in total. The molecule has 0 aromatic heterocycles. The van der Waals surface area contributed by atoms with Gasteiger partial charge in [0.15, 0.2) is 6.61 Å². The first-order valence-corrected chi connectivity index (χ1v) is 7.98. The molecule has 130 valence electrons. The molecule has 1 aromatic carbocycles. The van der Waals surface area contributed by atoms with Gasteiger partial charge in [0, 0.05) is 19.7 Å². The number of carbonyl (C=O) groups is 1. The molecular weight excluding hydrogens is 316 g/mol. The minimum atomic E-state index is 0. The SMILES string of the molecule is Cc1ccc(OCC(=O)N2CCC(OCCCN)CC2)cc1.Cl. The monoisotopic (exact) mass is 342 g/mol. The van der Waals surface area contributed by atoms with Gasteiger partial charge >= 0.3 is 0 Å². The summed E-state index contributed by atoms with van der Waals surface area (Å²) >= 11 is 0. The summed E-state index contributed by atoms with van der Waals surface area (Å²) in [7, 11) is 0. The Balaban J connectivity index is 0.00000264. The Bertz CT molecular complexity index is 459. The summed E-state index contributed by atoms with van der Waals surface area (Å²) < 4.78 is 11.3. The maximum Gasteiger partial charge on any atom is 0.260 e. The second kappa shape index (κ2) is 10.5. The van der Waals surface area contributed by atoms with E-state index in [0.717, 1.165) is 38.1 Å². The molecule has 1 amide bonds. The molecule has 6 heteroatoms. The number of likely N-dealkylation sites (tertiary alicyclic amines) is 1. The normalized spacial score (nSPS) is 15.1. The lowest BCUT2D eigenvalue weighted by Gasteiger charge is -2.31. The van der Waals surface area contributed by atoms with Crippen LogP contribution >= 0.6 is 12.4 Å². The molecule has 1 heterocycles. The van der Waals surface area contributed by atoms with Crippen molar-refractivity contribution in [2.24, 2.45) is 5.73 Å². The number of nitrogens with zero attached hydrogens (tertiary/aromatic N) is 1. The molecule has 0 aliphatic carbocycles. The van der Waals surface area contributed by atoms with Crippen molar-refractivity contribution in [1.29, 1.82) is 0 Å². The summed E-state index contributed by atoms with van der Waals surface area (Å²) in [6.07, 6.45) is 2.93. The minimum absolute atomic E-state index is 0. The van der Waals surface area contributed by atoms with Crippen LogP contribution in [0.2, 0.25) is 0 Å². The van der Waals surface area contributed by atoms with E-state index < -0.39 is 0 Å². The first-order chi connectivity index (χ1) is 10.7. The topological polar surface area (TPSA) is 64.8 Å². The zero-order valence-electron chi connectivity index (χ0n) is 13.7. The molecule has 0 saturated carbocycles. The van der Waals surface area contributed by atoms with Crippen LogP contribution < -0.4 is 10.5 Å². The van der Waals surface area contributed by atoms with E-state index in [4.69, 9.17) is 15.2 Å². The average molecular weight is 343 g/mol. The van der Waals surface area contributed by atoms with Gasteiger partial charge in [-0.05, 0) is 44.9 Å². The third kappa shape index (κ3) is 6.77. The van der Waals surface area contributed by atoms with E-state index in [9.17, 15) is 4.79 Å². The van der Waals surface area contributed by atoms with Crippen molar-refractivity contribution >= 4 is 18.3 Å². The van der Waals surface area contributed by atoms with Crippen molar-refractivity contribution < 1.29 is 14.3 Å². The molecule has 2 rings (SSSR count). The summed E-state index contributed by atoms with van der Waals surface area (Å²) in [5.41, 5.74) is 6.62. The van der Waals surface area contributed by atoms with E-state index >= 15 is 0 Å². The van der Waals surface area contributed by atoms with Crippen molar-refractivity contribution in [2.75, 3.05) is 32.8 Å². The minimum Gasteiger partial charge on any atom is -0.484 e. The lowest BCUT2D eigenvalue weighted by molar-refractivity contribution is -0.136. The highest BCUT2D eigenvalue weighted by Gasteiger charge is 2.23. The van der Waals surface area contributed by atoms with Crippen LogP contribution in [0, 0.1) is 6.92 Å². The molecule has 1 saturated heterocycles. The van der Waals surface area contributed by atoms with Gasteiger partial charge in [0.05, 0.1) is 6.10 Å². The number of piperidine rings is 1. The van der Waals surface area contributed by atoms with E-state index in [-0.39, 0.29) is 31.0 Å². The average Bonchev–Trinajstić information content (AvgIpc) is 2.55. The number of halogens is 1. The molecule has 0 radical (unpaired) electrons. The summed E-state index contributed by atoms with van der Waals surface area (Å²) in [5, 5.41) is 0. The van der Waals surface area contributed by atoms with Crippen LogP contribution in [0.1, 0.15) is 24.8 Å². The predicted molar refractivity (Wildman–Crippen MR) is 93.1 cm³/mol. The smallest absolute Gasteiger partial charge is 0.260 e. The molecule has 5 nitrogen and oxygen atoms in total. The number of nitrogens with two attached hydrogens (primary N) is 1. The van der Waals surface area contributed by atoms with E-state index in [2.05, 4.69) is 0 Å². The number of ether oxygens (including phenoxy) is 2. The van der Waals surface area contributed by atoms with Gasteiger partial charge in [-0.3, -0.25) is 4.79 Å². The van der Waals surface area contributed by atoms with Gasteiger partial charge in [-0.25, -0.2) is 0 Å². The number of rotatable bonds is 7. The number of hydrogen-bond acceptors (Lipinski definition) is 4. The third-order valence-electron chi connectivity index (χ3n) is 3.88. The fourth-order valence-corrected chi connectivity index (χ4v) is 2.48. The highest BCUT2D eigenvalue weighted by molar-refractivity contribution is 5.85. The summed E-state index contributed by atoms with van der Waals surface area (Å²) in [4.78, 5) is 14.0. The maximum absolute atomic E-state index is 12.1. The highest BCUT2D eigenvalue weighted by Crippen LogP contribution is 2.15. The Morgan fingerprint density at radius 1 is 1.26 bits per heavy atom. The Morgan fingerprint density at radius 3 is 2.52 bits per heavy atom. The van der Waals surface area contributed by atoms with Crippen LogP contribution in [0.4, 0.5) is 0 Å². The van der Waals surface area contributed by atoms with Crippen molar-refractivity contribution in [1.82, 2.24) is 4.90 Å². The Morgan fingerprint density at radius 2 is 1.91 bits per heavy atom. The third-order valence-corrected chi connectivity index (χ3v) is 3.88. The van der Waals surface area contributed by atoms with E-state index in [1.54, 1.807) is 0 Å². The van der Waals surface area contributed by atoms with Crippen LogP contribution in [-0.4, -0.2) is 49.8 Å². The summed E-state index contributed by atoms with van der Waals surface area (Å²) in [6, 6.07) is 7.73. The number of carbonyl (C=O) groups excluding carboxylic acids is 1. The van der Waals surface area contributed by atoms with E-state index in [1.807, 2.05) is 36.1 Å². The lowest BCUT2D eigenvalue weighted by Crippen LogP contribution is -2.43. The van der Waals surface area contributed by atoms with Crippen molar-refractivity contribution in [3.8, 4) is 5.75 Å². The first-order valence-electron chi connectivity index (χ1n) is 7.98. The molecule has 0 unspecified atom stereocenters. The molecule has 0 atom stereocenters. The van der Waals surface area contributed by atoms with E-state index in [1.165, 1.54) is 5.56 Å². The van der Waals surface area contributed by atoms with E-state index in [0.29, 0.717) is 13.2 Å². The first kappa shape index (κ1) is 19.7. The second-order valence-corrected chi connectivity index (χ2v) is 5.69. The number of benzene rings is 1. The van der Waals surface area contributed by atoms with Crippen LogP contribution in [0.25, 0.3) is 0 Å². The van der Waals surface area contributed by atoms with Gasteiger partial charge in [-0.2, -0.15) is 0 Å². The number of amides is 1. The molecule has 0 spiro atoms. The Kier molecular flexibility index (Phi) is 8.99. The number of hydrogen-bond donors (Lipinski definition) is 1. The maximum atomic E-state index is 12.1. The molecule has 1 fully saturated rings. The highest BCUT2D eigenvalue weighted by atomic mass is 35.5. The van der Waals surface area contributed by atoms with Crippen molar-refractivity contribution in [3.05, 3.63) is 29.8 Å². The molecule has 23 heavy (non-hydrogen) atoms. The Hall–Kier alpha value is -1.30.